The smallest absolute Gasteiger partial charge is 0.306 e. The van der Waals surface area contributed by atoms with E-state index in [1.807, 2.05) is 0 Å². The number of rotatable bonds is 53. The zero-order chi connectivity index (χ0) is 57.6. The van der Waals surface area contributed by atoms with Crippen molar-refractivity contribution in [3.05, 3.63) is 0 Å². The van der Waals surface area contributed by atoms with Crippen molar-refractivity contribution in [3.63, 3.8) is 0 Å². The van der Waals surface area contributed by atoms with Crippen LogP contribution in [0.25, 0.3) is 0 Å². The van der Waals surface area contributed by atoms with Gasteiger partial charge in [-0.2, -0.15) is 0 Å². The fraction of sp³-hybridized carbons (Fsp3) is 0.952. The molecule has 11 atom stereocenters. The highest BCUT2D eigenvalue weighted by molar-refractivity contribution is 5.70. The van der Waals surface area contributed by atoms with Crippen LogP contribution in [0, 0.1) is 0 Å². The van der Waals surface area contributed by atoms with E-state index >= 15 is 0 Å². The first kappa shape index (κ1) is 73.1. The molecule has 0 aromatic rings. The van der Waals surface area contributed by atoms with Gasteiger partial charge in [-0.25, -0.2) is 0 Å². The van der Waals surface area contributed by atoms with Gasteiger partial charge in [0.1, 0.15) is 49.3 Å². The van der Waals surface area contributed by atoms with E-state index in [-0.39, 0.29) is 32.5 Å². The van der Waals surface area contributed by atoms with E-state index < -0.39 is 98.6 Å². The first-order valence-electron chi connectivity index (χ1n) is 32.6. The second-order valence-corrected chi connectivity index (χ2v) is 23.1. The first-order valence-corrected chi connectivity index (χ1v) is 32.6. The molecule has 0 unspecified atom stereocenters. The van der Waals surface area contributed by atoms with Crippen molar-refractivity contribution in [3.8, 4) is 0 Å². The maximum Gasteiger partial charge on any atom is 0.306 e. The Morgan fingerprint density at radius 3 is 1.14 bits per heavy atom. The van der Waals surface area contributed by atoms with E-state index in [0.29, 0.717) is 19.3 Å². The molecule has 0 aromatic carbocycles. The predicted molar refractivity (Wildman–Crippen MR) is 308 cm³/mol. The lowest BCUT2D eigenvalue weighted by atomic mass is 9.98. The van der Waals surface area contributed by atoms with Gasteiger partial charge >= 0.3 is 17.9 Å². The average molecular weight is 1130 g/mol. The summed E-state index contributed by atoms with van der Waals surface area (Å²) in [6.45, 7) is 4.77. The summed E-state index contributed by atoms with van der Waals surface area (Å²) < 4.78 is 40.1. The van der Waals surface area contributed by atoms with Gasteiger partial charge in [0.15, 0.2) is 24.8 Å². The predicted octanol–water partition coefficient (Wildman–Crippen LogP) is 12.1. The number of carbonyl (C=O) groups excluding carboxylic acids is 3. The molecule has 0 bridgehead atoms. The van der Waals surface area contributed by atoms with Crippen LogP contribution in [0.2, 0.25) is 0 Å². The van der Waals surface area contributed by atoms with E-state index in [1.54, 1.807) is 0 Å². The Balaban J connectivity index is 1.89. The normalized spacial score (nSPS) is 23.7. The zero-order valence-corrected chi connectivity index (χ0v) is 50.1. The summed E-state index contributed by atoms with van der Waals surface area (Å²) >= 11 is 0. The number of hydrogen-bond acceptors (Lipinski definition) is 16. The molecule has 2 aliphatic heterocycles. The minimum absolute atomic E-state index is 0.0784. The van der Waals surface area contributed by atoms with Crippen LogP contribution in [0.3, 0.4) is 0 Å². The molecule has 0 radical (unpaired) electrons. The van der Waals surface area contributed by atoms with Crippen molar-refractivity contribution in [1.29, 1.82) is 0 Å². The van der Waals surface area contributed by atoms with E-state index in [2.05, 4.69) is 20.8 Å². The number of aliphatic hydroxyl groups excluding tert-OH is 6. The van der Waals surface area contributed by atoms with Crippen LogP contribution in [0.4, 0.5) is 0 Å². The van der Waals surface area contributed by atoms with Gasteiger partial charge in [0.25, 0.3) is 0 Å². The third-order valence-electron chi connectivity index (χ3n) is 15.8. The maximum atomic E-state index is 13.1. The molecule has 0 spiro atoms. The van der Waals surface area contributed by atoms with Gasteiger partial charge in [0.05, 0.1) is 19.8 Å². The lowest BCUT2D eigenvalue weighted by Crippen LogP contribution is -2.62. The SMILES string of the molecule is CCCCCCCCCCCCCCCC(=O)OC[C@H](CO[C@@H]1O[C@H](CO[C@H]2O[C@H](CO)[C@H](O)[C@H](OC(=O)CCCCCCCCCCCCCCC)[C@H]2O)[C@H](O)[C@H](O)[C@H]1O)OC(=O)CCCCCCCCCCCCCCC. The van der Waals surface area contributed by atoms with Crippen molar-refractivity contribution in [2.75, 3.05) is 26.4 Å². The molecule has 0 amide bonds. The highest BCUT2D eigenvalue weighted by Crippen LogP contribution is 2.28. The van der Waals surface area contributed by atoms with E-state index in [1.165, 1.54) is 167 Å². The Hall–Kier alpha value is -1.99. The Labute approximate surface area is 478 Å². The van der Waals surface area contributed by atoms with Crippen LogP contribution in [0.5, 0.6) is 0 Å². The number of aliphatic hydroxyl groups is 6. The molecule has 466 valence electrons. The fourth-order valence-electron chi connectivity index (χ4n) is 10.6. The minimum Gasteiger partial charge on any atom is -0.462 e. The van der Waals surface area contributed by atoms with Crippen molar-refractivity contribution < 1.29 is 78.2 Å². The van der Waals surface area contributed by atoms with Crippen LogP contribution < -0.4 is 0 Å². The van der Waals surface area contributed by atoms with E-state index in [0.717, 1.165) is 64.2 Å². The monoisotopic (exact) mass is 1130 g/mol. The molecule has 0 aliphatic carbocycles. The molecular weight excluding hydrogens is 1010 g/mol. The third kappa shape index (κ3) is 35.7. The van der Waals surface area contributed by atoms with Crippen LogP contribution in [-0.2, 0) is 47.5 Å². The Morgan fingerprint density at radius 1 is 0.380 bits per heavy atom. The molecule has 2 saturated heterocycles. The van der Waals surface area contributed by atoms with Gasteiger partial charge < -0.3 is 63.8 Å². The van der Waals surface area contributed by atoms with Gasteiger partial charge in [-0.3, -0.25) is 14.4 Å². The van der Waals surface area contributed by atoms with Crippen LogP contribution in [0.1, 0.15) is 290 Å². The summed E-state index contributed by atoms with van der Waals surface area (Å²) in [7, 11) is 0. The molecular formula is C63H118O16. The number of esters is 3. The minimum atomic E-state index is -1.79. The third-order valence-corrected chi connectivity index (χ3v) is 15.8. The number of ether oxygens (including phenoxy) is 7. The molecule has 0 saturated carbocycles. The summed E-state index contributed by atoms with van der Waals surface area (Å²) in [4.78, 5) is 38.9. The van der Waals surface area contributed by atoms with Crippen molar-refractivity contribution >= 4 is 17.9 Å². The number of hydrogen-bond donors (Lipinski definition) is 6. The van der Waals surface area contributed by atoms with Crippen molar-refractivity contribution in [1.82, 2.24) is 0 Å². The first-order chi connectivity index (χ1) is 38.5. The summed E-state index contributed by atoms with van der Waals surface area (Å²) in [6, 6.07) is 0. The topological polar surface area (TPSA) is 237 Å². The molecule has 0 aromatic heterocycles. The van der Waals surface area contributed by atoms with Crippen LogP contribution >= 0.6 is 0 Å². The summed E-state index contributed by atoms with van der Waals surface area (Å²) in [5.41, 5.74) is 0. The van der Waals surface area contributed by atoms with E-state index in [9.17, 15) is 45.0 Å². The van der Waals surface area contributed by atoms with E-state index in [4.69, 9.17) is 33.2 Å². The molecule has 16 nitrogen and oxygen atoms in total. The second kappa shape index (κ2) is 49.4. The zero-order valence-electron chi connectivity index (χ0n) is 50.1. The average Bonchev–Trinajstić information content (AvgIpc) is 3.52. The Bertz CT molecular complexity index is 1440. The largest absolute Gasteiger partial charge is 0.462 e. The lowest BCUT2D eigenvalue weighted by Gasteiger charge is -2.43. The molecule has 2 rings (SSSR count). The van der Waals surface area contributed by atoms with Gasteiger partial charge in [0, 0.05) is 19.3 Å². The lowest BCUT2D eigenvalue weighted by molar-refractivity contribution is -0.333. The molecule has 2 heterocycles. The second-order valence-electron chi connectivity index (χ2n) is 23.1. The maximum absolute atomic E-state index is 13.1. The summed E-state index contributed by atoms with van der Waals surface area (Å²) in [6.07, 6.45) is 29.0. The molecule has 2 fully saturated rings. The summed E-state index contributed by atoms with van der Waals surface area (Å²) in [5, 5.41) is 65.0. The van der Waals surface area contributed by atoms with Crippen molar-refractivity contribution in [2.45, 2.75) is 358 Å². The van der Waals surface area contributed by atoms with Crippen LogP contribution in [0.15, 0.2) is 0 Å². The Morgan fingerprint density at radius 2 is 0.734 bits per heavy atom. The van der Waals surface area contributed by atoms with Crippen LogP contribution in [-0.4, -0.2) is 142 Å². The highest BCUT2D eigenvalue weighted by Gasteiger charge is 2.49. The fourth-order valence-corrected chi connectivity index (χ4v) is 10.6. The van der Waals surface area contributed by atoms with Crippen molar-refractivity contribution in [2.24, 2.45) is 0 Å². The number of unbranched alkanes of at least 4 members (excludes halogenated alkanes) is 36. The van der Waals surface area contributed by atoms with Gasteiger partial charge in [-0.1, -0.05) is 252 Å². The van der Waals surface area contributed by atoms with Gasteiger partial charge in [0.2, 0.25) is 0 Å². The van der Waals surface area contributed by atoms with Gasteiger partial charge in [-0.15, -0.1) is 0 Å². The van der Waals surface area contributed by atoms with Gasteiger partial charge in [-0.05, 0) is 19.3 Å². The summed E-state index contributed by atoms with van der Waals surface area (Å²) in [5.74, 6) is -1.54. The standard InChI is InChI=1S/C63H118O16/c1-4-7-10-13-16-19-22-25-28-31-34-37-40-43-53(65)73-47-50(76-54(66)44-41-38-35-32-29-26-23-20-17-14-11-8-5-2)48-74-62-59(71)58(70)56(68)52(78-62)49-75-63-60(72)61(57(69)51(46-64)77-63)79-55(67)45-42-39-36-33-30-27-24-21-18-15-12-9-6-3/h50-52,56-64,68-72H,4-49H2,1-3H3/t50-,51-,52-,56+,57+,58+,59-,60-,61+,62-,63+/m1/s1. The molecule has 2 aliphatic rings. The molecule has 16 heteroatoms. The number of carbonyl (C=O) groups is 3. The quantitative estimate of drug-likeness (QED) is 0.0189. The molecule has 79 heavy (non-hydrogen) atoms. The molecule has 6 N–H and O–H groups in total. The Kier molecular flexibility index (Phi) is 45.8. The highest BCUT2D eigenvalue weighted by atomic mass is 16.7.